The van der Waals surface area contributed by atoms with Crippen LogP contribution in [0.4, 0.5) is 13.2 Å². The summed E-state index contributed by atoms with van der Waals surface area (Å²) in [6, 6.07) is 5.86. The molecule has 1 N–H and O–H groups in total. The average Bonchev–Trinajstić information content (AvgIpc) is 3.11. The van der Waals surface area contributed by atoms with Gasteiger partial charge in [-0.15, -0.1) is 0 Å². The maximum absolute atomic E-state index is 12.7. The number of benzene rings is 1. The van der Waals surface area contributed by atoms with Crippen LogP contribution in [-0.4, -0.2) is 6.04 Å². The largest absolute Gasteiger partial charge is 0.416 e. The second-order valence-corrected chi connectivity index (χ2v) is 5.59. The van der Waals surface area contributed by atoms with Gasteiger partial charge in [-0.1, -0.05) is 25.0 Å². The Labute approximate surface area is 112 Å². The van der Waals surface area contributed by atoms with Crippen LogP contribution in [0.1, 0.15) is 50.3 Å². The Morgan fingerprint density at radius 3 is 2.53 bits per heavy atom. The number of nitrogens with one attached hydrogen (secondary N) is 1. The first kappa shape index (κ1) is 14.4. The normalized spacial score (nSPS) is 19.2. The highest BCUT2D eigenvalue weighted by molar-refractivity contribution is 5.27. The van der Waals surface area contributed by atoms with Crippen molar-refractivity contribution in [1.29, 1.82) is 0 Å². The molecule has 1 aliphatic rings. The summed E-state index contributed by atoms with van der Waals surface area (Å²) in [7, 11) is 0. The zero-order valence-electron chi connectivity index (χ0n) is 11.3. The third-order valence-electron chi connectivity index (χ3n) is 3.63. The minimum Gasteiger partial charge on any atom is -0.308 e. The standard InChI is InChI=1S/C15H20F3N/c1-10(8-12-6-7-12)19-11(2)13-4-3-5-14(9-13)15(16,17)18/h3-5,9-12,19H,6-8H2,1-2H3. The maximum Gasteiger partial charge on any atom is 0.416 e. The van der Waals surface area contributed by atoms with Crippen molar-refractivity contribution in [3.63, 3.8) is 0 Å². The Kier molecular flexibility index (Phi) is 4.19. The third-order valence-corrected chi connectivity index (χ3v) is 3.63. The predicted octanol–water partition coefficient (Wildman–Crippen LogP) is 4.54. The molecule has 19 heavy (non-hydrogen) atoms. The molecule has 0 bridgehead atoms. The fraction of sp³-hybridized carbons (Fsp3) is 0.600. The van der Waals surface area contributed by atoms with Crippen molar-refractivity contribution in [2.45, 2.75) is 51.4 Å². The van der Waals surface area contributed by atoms with Gasteiger partial charge in [-0.05, 0) is 43.9 Å². The van der Waals surface area contributed by atoms with E-state index in [1.165, 1.54) is 25.0 Å². The lowest BCUT2D eigenvalue weighted by Gasteiger charge is -2.21. The molecule has 4 heteroatoms. The van der Waals surface area contributed by atoms with Crippen molar-refractivity contribution in [3.05, 3.63) is 35.4 Å². The van der Waals surface area contributed by atoms with Gasteiger partial charge in [-0.25, -0.2) is 0 Å². The van der Waals surface area contributed by atoms with E-state index in [-0.39, 0.29) is 6.04 Å². The second kappa shape index (κ2) is 5.53. The Morgan fingerprint density at radius 1 is 1.26 bits per heavy atom. The summed E-state index contributed by atoms with van der Waals surface area (Å²) in [5.74, 6) is 0.816. The van der Waals surface area contributed by atoms with E-state index in [0.717, 1.165) is 18.4 Å². The number of rotatable bonds is 5. The van der Waals surface area contributed by atoms with E-state index in [9.17, 15) is 13.2 Å². The molecule has 0 radical (unpaired) electrons. The zero-order valence-corrected chi connectivity index (χ0v) is 11.3. The molecular weight excluding hydrogens is 251 g/mol. The Bertz CT molecular complexity index is 424. The molecule has 0 heterocycles. The van der Waals surface area contributed by atoms with Crippen LogP contribution in [-0.2, 0) is 6.18 Å². The van der Waals surface area contributed by atoms with E-state index in [1.807, 2.05) is 6.92 Å². The van der Waals surface area contributed by atoms with E-state index >= 15 is 0 Å². The van der Waals surface area contributed by atoms with Gasteiger partial charge >= 0.3 is 6.18 Å². The van der Waals surface area contributed by atoms with Gasteiger partial charge in [-0.3, -0.25) is 0 Å². The summed E-state index contributed by atoms with van der Waals surface area (Å²) in [4.78, 5) is 0. The van der Waals surface area contributed by atoms with Gasteiger partial charge in [0.1, 0.15) is 0 Å². The van der Waals surface area contributed by atoms with Gasteiger partial charge < -0.3 is 5.32 Å². The predicted molar refractivity (Wildman–Crippen MR) is 69.8 cm³/mol. The summed E-state index contributed by atoms with van der Waals surface area (Å²) < 4.78 is 38.0. The molecule has 1 fully saturated rings. The van der Waals surface area contributed by atoms with Crippen LogP contribution in [0, 0.1) is 5.92 Å². The highest BCUT2D eigenvalue weighted by atomic mass is 19.4. The Morgan fingerprint density at radius 2 is 1.95 bits per heavy atom. The summed E-state index contributed by atoms with van der Waals surface area (Å²) in [6.07, 6.45) is -0.563. The molecule has 1 aliphatic carbocycles. The van der Waals surface area contributed by atoms with Gasteiger partial charge in [0.2, 0.25) is 0 Å². The molecule has 2 atom stereocenters. The lowest BCUT2D eigenvalue weighted by molar-refractivity contribution is -0.137. The van der Waals surface area contributed by atoms with E-state index in [2.05, 4.69) is 12.2 Å². The molecule has 1 saturated carbocycles. The van der Waals surface area contributed by atoms with E-state index < -0.39 is 11.7 Å². The van der Waals surface area contributed by atoms with Crippen molar-refractivity contribution in [1.82, 2.24) is 5.32 Å². The van der Waals surface area contributed by atoms with Crippen LogP contribution in [0.25, 0.3) is 0 Å². The van der Waals surface area contributed by atoms with Gasteiger partial charge in [0, 0.05) is 12.1 Å². The van der Waals surface area contributed by atoms with E-state index in [4.69, 9.17) is 0 Å². The van der Waals surface area contributed by atoms with Crippen LogP contribution in [0.15, 0.2) is 24.3 Å². The van der Waals surface area contributed by atoms with Crippen molar-refractivity contribution >= 4 is 0 Å². The summed E-state index contributed by atoms with van der Waals surface area (Å²) in [6.45, 7) is 4.02. The number of hydrogen-bond donors (Lipinski definition) is 1. The van der Waals surface area contributed by atoms with E-state index in [0.29, 0.717) is 11.6 Å². The third kappa shape index (κ3) is 4.23. The Hall–Kier alpha value is -1.03. The first-order chi connectivity index (χ1) is 8.86. The van der Waals surface area contributed by atoms with Crippen LogP contribution >= 0.6 is 0 Å². The molecule has 0 aliphatic heterocycles. The molecule has 2 unspecified atom stereocenters. The smallest absolute Gasteiger partial charge is 0.308 e. The van der Waals surface area contributed by atoms with Gasteiger partial charge in [0.15, 0.2) is 0 Å². The lowest BCUT2D eigenvalue weighted by Crippen LogP contribution is -2.29. The quantitative estimate of drug-likeness (QED) is 0.828. The molecule has 106 valence electrons. The molecule has 1 aromatic rings. The van der Waals surface area contributed by atoms with Crippen LogP contribution in [0.2, 0.25) is 0 Å². The fourth-order valence-corrected chi connectivity index (χ4v) is 2.43. The van der Waals surface area contributed by atoms with Crippen molar-refractivity contribution in [2.75, 3.05) is 0 Å². The fourth-order valence-electron chi connectivity index (χ4n) is 2.43. The van der Waals surface area contributed by atoms with Crippen molar-refractivity contribution in [3.8, 4) is 0 Å². The highest BCUT2D eigenvalue weighted by Gasteiger charge is 2.31. The second-order valence-electron chi connectivity index (χ2n) is 5.59. The summed E-state index contributed by atoms with van der Waals surface area (Å²) in [5, 5.41) is 3.38. The molecule has 0 amide bonds. The minimum atomic E-state index is -4.27. The first-order valence-corrected chi connectivity index (χ1v) is 6.79. The minimum absolute atomic E-state index is 0.0592. The van der Waals surface area contributed by atoms with Gasteiger partial charge in [0.25, 0.3) is 0 Å². The SMILES string of the molecule is CC(CC1CC1)NC(C)c1cccc(C(F)(F)F)c1. The molecule has 1 aromatic carbocycles. The number of halogens is 3. The number of hydrogen-bond acceptors (Lipinski definition) is 1. The molecule has 0 aromatic heterocycles. The summed E-state index contributed by atoms with van der Waals surface area (Å²) in [5.41, 5.74) is 0.117. The lowest BCUT2D eigenvalue weighted by atomic mass is 10.0. The van der Waals surface area contributed by atoms with Crippen LogP contribution < -0.4 is 5.32 Å². The monoisotopic (exact) mass is 271 g/mol. The highest BCUT2D eigenvalue weighted by Crippen LogP contribution is 2.34. The van der Waals surface area contributed by atoms with Crippen molar-refractivity contribution in [2.24, 2.45) is 5.92 Å². The Balaban J connectivity index is 1.99. The molecular formula is C15H20F3N. The average molecular weight is 271 g/mol. The van der Waals surface area contributed by atoms with Crippen LogP contribution in [0.3, 0.4) is 0 Å². The molecule has 1 nitrogen and oxygen atoms in total. The van der Waals surface area contributed by atoms with Crippen molar-refractivity contribution < 1.29 is 13.2 Å². The first-order valence-electron chi connectivity index (χ1n) is 6.79. The number of alkyl halides is 3. The molecule has 2 rings (SSSR count). The van der Waals surface area contributed by atoms with E-state index in [1.54, 1.807) is 6.07 Å². The summed E-state index contributed by atoms with van der Waals surface area (Å²) >= 11 is 0. The molecule has 0 spiro atoms. The topological polar surface area (TPSA) is 12.0 Å². The van der Waals surface area contributed by atoms with Gasteiger partial charge in [0.05, 0.1) is 5.56 Å². The zero-order chi connectivity index (χ0) is 14.0. The van der Waals surface area contributed by atoms with Gasteiger partial charge in [-0.2, -0.15) is 13.2 Å². The molecule has 0 saturated heterocycles. The maximum atomic E-state index is 12.7. The van der Waals surface area contributed by atoms with Crippen LogP contribution in [0.5, 0.6) is 0 Å².